The number of carbonyl (C=O) groups is 1. The molecule has 0 saturated carbocycles. The number of carbonyl (C=O) groups excluding carboxylic acids is 1. The summed E-state index contributed by atoms with van der Waals surface area (Å²) in [6.07, 6.45) is 1.75. The van der Waals surface area contributed by atoms with Crippen LogP contribution in [0.4, 0.5) is 9.93 Å². The van der Waals surface area contributed by atoms with Gasteiger partial charge in [0.15, 0.2) is 5.13 Å². The average molecular weight is 321 g/mol. The molecular weight excluding hydrogens is 302 g/mol. The third kappa shape index (κ3) is 2.84. The smallest absolute Gasteiger partial charge is 0.324 e. The van der Waals surface area contributed by atoms with Crippen molar-refractivity contribution < 1.29 is 9.53 Å². The molecule has 2 amide bonds. The van der Waals surface area contributed by atoms with Crippen LogP contribution in [0.25, 0.3) is 0 Å². The molecule has 0 bridgehead atoms. The fourth-order valence-corrected chi connectivity index (χ4v) is 3.37. The van der Waals surface area contributed by atoms with Crippen molar-refractivity contribution in [2.45, 2.75) is 26.8 Å². The second-order valence-electron chi connectivity index (χ2n) is 5.34. The number of aromatic nitrogens is 3. The number of aromatic amines is 1. The lowest BCUT2D eigenvalue weighted by atomic mass is 10.0. The normalized spacial score (nSPS) is 18.5. The first kappa shape index (κ1) is 15.0. The van der Waals surface area contributed by atoms with E-state index in [0.717, 1.165) is 21.8 Å². The van der Waals surface area contributed by atoms with E-state index in [9.17, 15) is 4.79 Å². The fraction of sp³-hybridized carbons (Fsp3) is 0.500. The summed E-state index contributed by atoms with van der Waals surface area (Å²) in [5.41, 5.74) is 2.90. The molecule has 0 radical (unpaired) electrons. The standard InChI is InChI=1S/C14H19N5O2S/c1-8-6-15-13(22-8)16-14(20)19-4-5-21-7-11(19)12-9(2)17-18-10(12)3/h6,11H,4-5,7H2,1-3H3,(H,17,18)(H,15,16,20)/t11-/m0/s1. The van der Waals surface area contributed by atoms with Crippen molar-refractivity contribution in [3.8, 4) is 0 Å². The Labute approximate surface area is 132 Å². The van der Waals surface area contributed by atoms with E-state index in [1.165, 1.54) is 11.3 Å². The Kier molecular flexibility index (Phi) is 4.12. The SMILES string of the molecule is Cc1cnc(NC(=O)N2CCOC[C@H]2c2c(C)n[nH]c2C)s1. The van der Waals surface area contributed by atoms with Gasteiger partial charge in [-0.15, -0.1) is 11.3 Å². The first-order chi connectivity index (χ1) is 10.6. The molecule has 0 aliphatic carbocycles. The Balaban J connectivity index is 1.82. The van der Waals surface area contributed by atoms with Gasteiger partial charge < -0.3 is 9.64 Å². The number of aryl methyl sites for hydroxylation is 3. The van der Waals surface area contributed by atoms with E-state index in [0.29, 0.717) is 24.9 Å². The van der Waals surface area contributed by atoms with Crippen molar-refractivity contribution in [1.82, 2.24) is 20.1 Å². The highest BCUT2D eigenvalue weighted by atomic mass is 32.1. The topological polar surface area (TPSA) is 83.1 Å². The molecule has 2 aromatic rings. The van der Waals surface area contributed by atoms with Gasteiger partial charge in [0.2, 0.25) is 0 Å². The lowest BCUT2D eigenvalue weighted by molar-refractivity contribution is 0.0143. The van der Waals surface area contributed by atoms with E-state index in [4.69, 9.17) is 4.74 Å². The zero-order valence-electron chi connectivity index (χ0n) is 12.8. The summed E-state index contributed by atoms with van der Waals surface area (Å²) in [5.74, 6) is 0. The Bertz CT molecular complexity index is 661. The van der Waals surface area contributed by atoms with Crippen LogP contribution in [-0.2, 0) is 4.74 Å². The van der Waals surface area contributed by atoms with Gasteiger partial charge in [0, 0.05) is 28.9 Å². The van der Waals surface area contributed by atoms with E-state index in [2.05, 4.69) is 20.5 Å². The van der Waals surface area contributed by atoms with Crippen molar-refractivity contribution >= 4 is 22.5 Å². The Morgan fingerprint density at radius 3 is 2.95 bits per heavy atom. The first-order valence-corrected chi connectivity index (χ1v) is 7.97. The lowest BCUT2D eigenvalue weighted by Crippen LogP contribution is -2.45. The summed E-state index contributed by atoms with van der Waals surface area (Å²) in [6, 6.07) is -0.281. The molecule has 7 nitrogen and oxygen atoms in total. The maximum Gasteiger partial charge on any atom is 0.324 e. The molecule has 0 spiro atoms. The van der Waals surface area contributed by atoms with E-state index in [-0.39, 0.29) is 12.1 Å². The monoisotopic (exact) mass is 321 g/mol. The molecule has 8 heteroatoms. The zero-order valence-corrected chi connectivity index (χ0v) is 13.7. The molecule has 0 unspecified atom stereocenters. The number of amides is 2. The highest BCUT2D eigenvalue weighted by Gasteiger charge is 2.32. The van der Waals surface area contributed by atoms with Crippen molar-refractivity contribution in [1.29, 1.82) is 0 Å². The highest BCUT2D eigenvalue weighted by molar-refractivity contribution is 7.15. The molecule has 2 N–H and O–H groups in total. The van der Waals surface area contributed by atoms with Gasteiger partial charge in [-0.05, 0) is 20.8 Å². The van der Waals surface area contributed by atoms with Crippen molar-refractivity contribution in [3.05, 3.63) is 28.0 Å². The highest BCUT2D eigenvalue weighted by Crippen LogP contribution is 2.29. The zero-order chi connectivity index (χ0) is 15.7. The first-order valence-electron chi connectivity index (χ1n) is 7.15. The number of H-pyrrole nitrogens is 1. The number of morpholine rings is 1. The molecule has 0 aromatic carbocycles. The minimum atomic E-state index is -0.150. The van der Waals surface area contributed by atoms with E-state index in [1.807, 2.05) is 20.8 Å². The number of hydrogen-bond acceptors (Lipinski definition) is 5. The number of anilines is 1. The van der Waals surface area contributed by atoms with Gasteiger partial charge in [0.25, 0.3) is 0 Å². The Morgan fingerprint density at radius 2 is 2.32 bits per heavy atom. The van der Waals surface area contributed by atoms with Crippen LogP contribution < -0.4 is 5.32 Å². The van der Waals surface area contributed by atoms with Crippen molar-refractivity contribution in [3.63, 3.8) is 0 Å². The molecule has 1 atom stereocenters. The third-order valence-electron chi connectivity index (χ3n) is 3.74. The minimum absolute atomic E-state index is 0.131. The number of nitrogens with one attached hydrogen (secondary N) is 2. The largest absolute Gasteiger partial charge is 0.377 e. The molecule has 3 heterocycles. The van der Waals surface area contributed by atoms with Crippen LogP contribution in [0.5, 0.6) is 0 Å². The summed E-state index contributed by atoms with van der Waals surface area (Å²) < 4.78 is 5.57. The summed E-state index contributed by atoms with van der Waals surface area (Å²) in [7, 11) is 0. The Morgan fingerprint density at radius 1 is 1.50 bits per heavy atom. The molecule has 118 valence electrons. The van der Waals surface area contributed by atoms with Gasteiger partial charge in [0.1, 0.15) is 0 Å². The maximum atomic E-state index is 12.6. The van der Waals surface area contributed by atoms with Gasteiger partial charge in [-0.25, -0.2) is 9.78 Å². The number of rotatable bonds is 2. The second kappa shape index (κ2) is 6.05. The summed E-state index contributed by atoms with van der Waals surface area (Å²) >= 11 is 1.47. The van der Waals surface area contributed by atoms with Gasteiger partial charge in [-0.3, -0.25) is 10.4 Å². The molecule has 1 aliphatic heterocycles. The average Bonchev–Trinajstić information content (AvgIpc) is 3.05. The third-order valence-corrected chi connectivity index (χ3v) is 4.57. The number of thiazole rings is 1. The minimum Gasteiger partial charge on any atom is -0.377 e. The molecule has 2 aromatic heterocycles. The number of ether oxygens (including phenoxy) is 1. The molecular formula is C14H19N5O2S. The summed E-state index contributed by atoms with van der Waals surface area (Å²) in [6.45, 7) is 7.42. The van der Waals surface area contributed by atoms with Crippen LogP contribution in [0.2, 0.25) is 0 Å². The van der Waals surface area contributed by atoms with Gasteiger partial charge in [-0.2, -0.15) is 5.10 Å². The second-order valence-corrected chi connectivity index (χ2v) is 6.57. The summed E-state index contributed by atoms with van der Waals surface area (Å²) in [4.78, 5) is 19.6. The summed E-state index contributed by atoms with van der Waals surface area (Å²) in [5, 5.41) is 10.7. The van der Waals surface area contributed by atoms with Crippen LogP contribution in [-0.4, -0.2) is 45.9 Å². The quantitative estimate of drug-likeness (QED) is 0.889. The Hall–Kier alpha value is -1.93. The van der Waals surface area contributed by atoms with Crippen molar-refractivity contribution in [2.24, 2.45) is 0 Å². The van der Waals surface area contributed by atoms with Gasteiger partial charge in [-0.1, -0.05) is 0 Å². The number of urea groups is 1. The molecule has 3 rings (SSSR count). The fourth-order valence-electron chi connectivity index (χ4n) is 2.71. The molecule has 1 fully saturated rings. The molecule has 1 saturated heterocycles. The lowest BCUT2D eigenvalue weighted by Gasteiger charge is -2.35. The van der Waals surface area contributed by atoms with E-state index < -0.39 is 0 Å². The van der Waals surface area contributed by atoms with Gasteiger partial charge >= 0.3 is 6.03 Å². The predicted molar refractivity (Wildman–Crippen MR) is 84.2 cm³/mol. The van der Waals surface area contributed by atoms with Crippen LogP contribution >= 0.6 is 11.3 Å². The number of hydrogen-bond donors (Lipinski definition) is 2. The van der Waals surface area contributed by atoms with E-state index in [1.54, 1.807) is 11.1 Å². The van der Waals surface area contributed by atoms with E-state index >= 15 is 0 Å². The molecule has 22 heavy (non-hydrogen) atoms. The van der Waals surface area contributed by atoms with Crippen LogP contribution in [0.3, 0.4) is 0 Å². The predicted octanol–water partition coefficient (Wildman–Crippen LogP) is 2.40. The van der Waals surface area contributed by atoms with Crippen LogP contribution in [0, 0.1) is 20.8 Å². The maximum absolute atomic E-state index is 12.6. The molecule has 1 aliphatic rings. The van der Waals surface area contributed by atoms with Crippen LogP contribution in [0.1, 0.15) is 27.9 Å². The van der Waals surface area contributed by atoms with Crippen molar-refractivity contribution in [2.75, 3.05) is 25.1 Å². The van der Waals surface area contributed by atoms with Crippen LogP contribution in [0.15, 0.2) is 6.20 Å². The van der Waals surface area contributed by atoms with Gasteiger partial charge in [0.05, 0.1) is 24.9 Å². The number of nitrogens with zero attached hydrogens (tertiary/aromatic N) is 3.